The minimum atomic E-state index is -0.320. The van der Waals surface area contributed by atoms with Crippen LogP contribution >= 0.6 is 15.9 Å². The van der Waals surface area contributed by atoms with Crippen molar-refractivity contribution in [3.05, 3.63) is 46.2 Å². The molecule has 0 atom stereocenters. The maximum atomic E-state index is 12.6. The van der Waals surface area contributed by atoms with E-state index >= 15 is 0 Å². The summed E-state index contributed by atoms with van der Waals surface area (Å²) in [5, 5.41) is 9.14. The first-order valence-corrected chi connectivity index (χ1v) is 9.97. The number of nitrogens with zero attached hydrogens (tertiary/aromatic N) is 3. The molecule has 6 heteroatoms. The molecule has 0 radical (unpaired) electrons. The Morgan fingerprint density at radius 2 is 2.04 bits per heavy atom. The number of hydrogen-bond donors (Lipinski definition) is 0. The average Bonchev–Trinajstić information content (AvgIpc) is 2.99. The third kappa shape index (κ3) is 3.89. The van der Waals surface area contributed by atoms with Gasteiger partial charge in [-0.05, 0) is 67.2 Å². The van der Waals surface area contributed by atoms with E-state index in [1.54, 1.807) is 0 Å². The highest BCUT2D eigenvalue weighted by atomic mass is 79.9. The van der Waals surface area contributed by atoms with Crippen LogP contribution in [0.15, 0.2) is 29.4 Å². The normalized spacial score (nSPS) is 15.2. The zero-order chi connectivity index (χ0) is 19.7. The molecule has 1 aliphatic rings. The van der Waals surface area contributed by atoms with E-state index in [0.717, 1.165) is 52.9 Å². The molecule has 0 unspecified atom stereocenters. The largest absolute Gasteiger partial charge is 0.459 e. The second kappa shape index (κ2) is 7.77. The van der Waals surface area contributed by atoms with Crippen molar-refractivity contribution in [2.24, 2.45) is 5.92 Å². The Kier molecular flexibility index (Phi) is 5.61. The summed E-state index contributed by atoms with van der Waals surface area (Å²) in [5.74, 6) is -0.206. The summed E-state index contributed by atoms with van der Waals surface area (Å²) in [4.78, 5) is 14.8. The number of likely N-dealkylation sites (tertiary alicyclic amines) is 1. The number of esters is 1. The van der Waals surface area contributed by atoms with Crippen LogP contribution in [0.2, 0.25) is 0 Å². The highest BCUT2D eigenvalue weighted by molar-refractivity contribution is 9.10. The molecule has 1 fully saturated rings. The van der Waals surface area contributed by atoms with Crippen molar-refractivity contribution in [2.45, 2.75) is 39.7 Å². The summed E-state index contributed by atoms with van der Waals surface area (Å²) in [6.45, 7) is 11.6. The lowest BCUT2D eigenvalue weighted by molar-refractivity contribution is 0.0377. The maximum Gasteiger partial charge on any atom is 0.338 e. The number of carbonyl (C=O) groups is 1. The predicted molar refractivity (Wildman–Crippen MR) is 109 cm³/mol. The first-order valence-electron chi connectivity index (χ1n) is 9.17. The van der Waals surface area contributed by atoms with Crippen molar-refractivity contribution >= 4 is 33.1 Å². The van der Waals surface area contributed by atoms with Gasteiger partial charge in [-0.15, -0.1) is 0 Å². The van der Waals surface area contributed by atoms with E-state index in [0.29, 0.717) is 5.56 Å². The highest BCUT2D eigenvalue weighted by Crippen LogP contribution is 2.31. The molecule has 27 heavy (non-hydrogen) atoms. The smallest absolute Gasteiger partial charge is 0.338 e. The Morgan fingerprint density at radius 3 is 2.63 bits per heavy atom. The van der Waals surface area contributed by atoms with Crippen molar-refractivity contribution < 1.29 is 9.53 Å². The summed E-state index contributed by atoms with van der Waals surface area (Å²) >= 11 is 3.53. The molecular weight excluding hydrogens is 406 g/mol. The zero-order valence-corrected chi connectivity index (χ0v) is 17.5. The Labute approximate surface area is 168 Å². The van der Waals surface area contributed by atoms with Gasteiger partial charge in [-0.1, -0.05) is 6.58 Å². The van der Waals surface area contributed by atoms with E-state index in [-0.39, 0.29) is 18.0 Å². The number of nitriles is 1. The second-order valence-corrected chi connectivity index (χ2v) is 8.19. The summed E-state index contributed by atoms with van der Waals surface area (Å²) in [7, 11) is 0. The van der Waals surface area contributed by atoms with Crippen molar-refractivity contribution in [1.29, 1.82) is 5.26 Å². The molecule has 0 spiro atoms. The van der Waals surface area contributed by atoms with Gasteiger partial charge in [0.05, 0.1) is 29.1 Å². The lowest BCUT2D eigenvalue weighted by Gasteiger charge is -2.33. The maximum absolute atomic E-state index is 12.6. The number of rotatable bonds is 4. The van der Waals surface area contributed by atoms with Gasteiger partial charge < -0.3 is 14.0 Å². The molecule has 2 aromatic rings. The van der Waals surface area contributed by atoms with Crippen molar-refractivity contribution in [2.75, 3.05) is 13.1 Å². The number of hydrogen-bond acceptors (Lipinski definition) is 4. The number of pyridine rings is 1. The van der Waals surface area contributed by atoms with Gasteiger partial charge in [0.15, 0.2) is 0 Å². The molecule has 5 nitrogen and oxygen atoms in total. The third-order valence-corrected chi connectivity index (χ3v) is 5.44. The number of piperidine rings is 1. The molecule has 0 saturated carbocycles. The molecule has 0 bridgehead atoms. The van der Waals surface area contributed by atoms with Crippen LogP contribution in [-0.4, -0.2) is 34.5 Å². The monoisotopic (exact) mass is 429 g/mol. The number of ether oxygens (including phenoxy) is 1. The SMILES string of the molecule is C=C(c1c(C)c(C(=O)OC(C)C)cc2cc(Br)cn12)N1CCC(C#N)CC1. The predicted octanol–water partition coefficient (Wildman–Crippen LogP) is 4.78. The van der Waals surface area contributed by atoms with Crippen LogP contribution in [0, 0.1) is 24.2 Å². The molecule has 0 N–H and O–H groups in total. The third-order valence-electron chi connectivity index (χ3n) is 5.00. The number of halogens is 1. The van der Waals surface area contributed by atoms with E-state index < -0.39 is 0 Å². The summed E-state index contributed by atoms with van der Waals surface area (Å²) < 4.78 is 8.44. The molecule has 0 aromatic carbocycles. The number of carbonyl (C=O) groups excluding carboxylic acids is 1. The topological polar surface area (TPSA) is 57.7 Å². The van der Waals surface area contributed by atoms with Crippen LogP contribution in [-0.2, 0) is 4.74 Å². The molecule has 3 rings (SSSR count). The fourth-order valence-corrected chi connectivity index (χ4v) is 4.03. The van der Waals surface area contributed by atoms with E-state index in [1.807, 2.05) is 39.1 Å². The van der Waals surface area contributed by atoms with Crippen LogP contribution in [0.25, 0.3) is 11.2 Å². The number of fused-ring (bicyclic) bond motifs is 1. The number of aromatic nitrogens is 1. The van der Waals surface area contributed by atoms with Gasteiger partial charge in [0.2, 0.25) is 0 Å². The Morgan fingerprint density at radius 1 is 1.37 bits per heavy atom. The van der Waals surface area contributed by atoms with Crippen LogP contribution < -0.4 is 0 Å². The quantitative estimate of drug-likeness (QED) is 0.655. The summed E-state index contributed by atoms with van der Waals surface area (Å²) in [5.41, 5.74) is 4.10. The second-order valence-electron chi connectivity index (χ2n) is 7.28. The fraction of sp³-hybridized carbons (Fsp3) is 0.429. The molecule has 142 valence electrons. The minimum Gasteiger partial charge on any atom is -0.459 e. The molecule has 3 heterocycles. The van der Waals surface area contributed by atoms with Gasteiger partial charge in [0, 0.05) is 35.2 Å². The lowest BCUT2D eigenvalue weighted by Crippen LogP contribution is -2.32. The van der Waals surface area contributed by atoms with E-state index in [1.165, 1.54) is 0 Å². The summed E-state index contributed by atoms with van der Waals surface area (Å²) in [6.07, 6.45) is 3.48. The summed E-state index contributed by atoms with van der Waals surface area (Å²) in [6, 6.07) is 6.20. The molecule has 1 saturated heterocycles. The molecule has 1 aliphatic heterocycles. The molecular formula is C21H24BrN3O2. The van der Waals surface area contributed by atoms with Crippen molar-refractivity contribution in [3.8, 4) is 6.07 Å². The highest BCUT2D eigenvalue weighted by Gasteiger charge is 2.25. The first kappa shape index (κ1) is 19.5. The lowest BCUT2D eigenvalue weighted by atomic mass is 9.97. The Bertz CT molecular complexity index is 931. The van der Waals surface area contributed by atoms with Crippen LogP contribution in [0.3, 0.4) is 0 Å². The van der Waals surface area contributed by atoms with E-state index in [9.17, 15) is 4.79 Å². The van der Waals surface area contributed by atoms with Gasteiger partial charge >= 0.3 is 5.97 Å². The van der Waals surface area contributed by atoms with Crippen molar-refractivity contribution in [3.63, 3.8) is 0 Å². The molecule has 0 amide bonds. The van der Waals surface area contributed by atoms with Gasteiger partial charge in [0.1, 0.15) is 0 Å². The molecule has 2 aromatic heterocycles. The molecule has 0 aliphatic carbocycles. The van der Waals surface area contributed by atoms with E-state index in [2.05, 4.69) is 37.9 Å². The average molecular weight is 430 g/mol. The van der Waals surface area contributed by atoms with Gasteiger partial charge in [-0.2, -0.15) is 5.26 Å². The zero-order valence-electron chi connectivity index (χ0n) is 16.0. The van der Waals surface area contributed by atoms with Gasteiger partial charge in [0.25, 0.3) is 0 Å². The fourth-order valence-electron chi connectivity index (χ4n) is 3.59. The Hall–Kier alpha value is -2.26. The Balaban J connectivity index is 2.05. The van der Waals surface area contributed by atoms with Crippen LogP contribution in [0.5, 0.6) is 0 Å². The van der Waals surface area contributed by atoms with Gasteiger partial charge in [-0.3, -0.25) is 0 Å². The van der Waals surface area contributed by atoms with Crippen molar-refractivity contribution in [1.82, 2.24) is 9.30 Å². The van der Waals surface area contributed by atoms with Crippen LogP contribution in [0.1, 0.15) is 48.3 Å². The minimum absolute atomic E-state index is 0.114. The first-order chi connectivity index (χ1) is 12.8. The van der Waals surface area contributed by atoms with E-state index in [4.69, 9.17) is 10.00 Å². The standard InChI is InChI=1S/C21H24BrN3O2/c1-13(2)27-21(26)19-10-18-9-17(22)12-25(18)20(14(19)3)15(4)24-7-5-16(11-23)6-8-24/h9-10,12-13,16H,4-8H2,1-3H3. The van der Waals surface area contributed by atoms with Crippen LogP contribution in [0.4, 0.5) is 0 Å². The van der Waals surface area contributed by atoms with Gasteiger partial charge in [-0.25, -0.2) is 4.79 Å².